The van der Waals surface area contributed by atoms with E-state index in [0.29, 0.717) is 17.1 Å². The summed E-state index contributed by atoms with van der Waals surface area (Å²) >= 11 is 0. The van der Waals surface area contributed by atoms with Crippen LogP contribution in [0.25, 0.3) is 21.8 Å². The third kappa shape index (κ3) is 1.24. The van der Waals surface area contributed by atoms with Crippen LogP contribution in [0.3, 0.4) is 0 Å². The number of para-hydroxylation sites is 1. The van der Waals surface area contributed by atoms with E-state index >= 15 is 0 Å². The zero-order valence-electron chi connectivity index (χ0n) is 9.45. The van der Waals surface area contributed by atoms with Crippen LogP contribution < -0.4 is 16.2 Å². The van der Waals surface area contributed by atoms with Crippen LogP contribution in [0.4, 0.5) is 11.4 Å². The molecule has 0 spiro atoms. The molecule has 2 aromatic carbocycles. The first-order valence-corrected chi connectivity index (χ1v) is 5.34. The van der Waals surface area contributed by atoms with Crippen LogP contribution in [0.15, 0.2) is 30.3 Å². The van der Waals surface area contributed by atoms with E-state index in [9.17, 15) is 0 Å². The summed E-state index contributed by atoms with van der Waals surface area (Å²) < 4.78 is 5.23. The van der Waals surface area contributed by atoms with E-state index in [2.05, 4.69) is 4.98 Å². The van der Waals surface area contributed by atoms with Crippen molar-refractivity contribution in [1.82, 2.24) is 4.98 Å². The number of nitrogens with two attached hydrogens (primary N) is 2. The Morgan fingerprint density at radius 3 is 2.71 bits per heavy atom. The molecule has 0 aliphatic heterocycles. The van der Waals surface area contributed by atoms with Crippen LogP contribution in [0.2, 0.25) is 0 Å². The van der Waals surface area contributed by atoms with Crippen LogP contribution in [0.5, 0.6) is 5.75 Å². The number of benzene rings is 2. The largest absolute Gasteiger partial charge is 0.494 e. The molecule has 0 unspecified atom stereocenters. The molecule has 86 valence electrons. The number of rotatable bonds is 1. The summed E-state index contributed by atoms with van der Waals surface area (Å²) in [5.41, 5.74) is 15.3. The molecule has 1 aromatic heterocycles. The van der Waals surface area contributed by atoms with Gasteiger partial charge in [0.1, 0.15) is 5.75 Å². The van der Waals surface area contributed by atoms with E-state index in [4.69, 9.17) is 16.2 Å². The van der Waals surface area contributed by atoms with Crippen molar-refractivity contribution in [3.63, 3.8) is 0 Å². The molecule has 0 saturated carbocycles. The molecule has 5 N–H and O–H groups in total. The summed E-state index contributed by atoms with van der Waals surface area (Å²) in [6.07, 6.45) is 0. The van der Waals surface area contributed by atoms with Gasteiger partial charge in [0.05, 0.1) is 24.0 Å². The van der Waals surface area contributed by atoms with Crippen molar-refractivity contribution in [1.29, 1.82) is 0 Å². The highest BCUT2D eigenvalue weighted by atomic mass is 16.5. The highest BCUT2D eigenvalue weighted by Gasteiger charge is 2.13. The lowest BCUT2D eigenvalue weighted by molar-refractivity contribution is 0.418. The average molecular weight is 227 g/mol. The number of nitrogen functional groups attached to an aromatic ring is 2. The van der Waals surface area contributed by atoms with E-state index in [0.717, 1.165) is 21.8 Å². The molecule has 0 radical (unpaired) electrons. The highest BCUT2D eigenvalue weighted by Crippen LogP contribution is 2.39. The molecule has 3 aromatic rings. The van der Waals surface area contributed by atoms with Gasteiger partial charge in [0, 0.05) is 22.4 Å². The number of nitrogens with one attached hydrogen (secondary N) is 1. The molecule has 0 aliphatic carbocycles. The number of aromatic amines is 1. The van der Waals surface area contributed by atoms with Gasteiger partial charge < -0.3 is 21.2 Å². The first-order chi connectivity index (χ1) is 8.22. The zero-order chi connectivity index (χ0) is 12.0. The number of H-pyrrole nitrogens is 1. The van der Waals surface area contributed by atoms with Crippen molar-refractivity contribution in [2.75, 3.05) is 18.6 Å². The fraction of sp³-hybridized carbons (Fsp3) is 0.0769. The number of fused-ring (bicyclic) bond motifs is 3. The molecule has 3 rings (SSSR count). The van der Waals surface area contributed by atoms with Gasteiger partial charge in [-0.1, -0.05) is 18.2 Å². The number of anilines is 2. The zero-order valence-corrected chi connectivity index (χ0v) is 9.45. The molecule has 17 heavy (non-hydrogen) atoms. The van der Waals surface area contributed by atoms with Crippen molar-refractivity contribution in [2.45, 2.75) is 0 Å². The van der Waals surface area contributed by atoms with Crippen molar-refractivity contribution in [3.8, 4) is 5.75 Å². The topological polar surface area (TPSA) is 77.1 Å². The molecule has 0 saturated heterocycles. The maximum Gasteiger partial charge on any atom is 0.144 e. The lowest BCUT2D eigenvalue weighted by Crippen LogP contribution is -1.96. The number of hydrogen-bond acceptors (Lipinski definition) is 3. The Morgan fingerprint density at radius 2 is 1.94 bits per heavy atom. The molecular formula is C13H13N3O. The first kappa shape index (κ1) is 9.84. The third-order valence-corrected chi connectivity index (χ3v) is 3.04. The van der Waals surface area contributed by atoms with Crippen LogP contribution >= 0.6 is 0 Å². The Labute approximate surface area is 98.2 Å². The SMILES string of the molecule is COc1cc(N)c2[nH]c3ccccc3c2c1N. The first-order valence-electron chi connectivity index (χ1n) is 5.34. The van der Waals surface area contributed by atoms with Gasteiger partial charge in [0.2, 0.25) is 0 Å². The summed E-state index contributed by atoms with van der Waals surface area (Å²) in [6.45, 7) is 0. The minimum absolute atomic E-state index is 0.611. The molecule has 0 fully saturated rings. The second kappa shape index (κ2) is 3.31. The quantitative estimate of drug-likeness (QED) is 0.559. The molecule has 4 nitrogen and oxygen atoms in total. The number of aromatic nitrogens is 1. The monoisotopic (exact) mass is 227 g/mol. The van der Waals surface area contributed by atoms with E-state index in [1.807, 2.05) is 24.3 Å². The Morgan fingerprint density at radius 1 is 1.18 bits per heavy atom. The van der Waals surface area contributed by atoms with Crippen LogP contribution in [-0.4, -0.2) is 12.1 Å². The lowest BCUT2D eigenvalue weighted by atomic mass is 10.1. The Balaban J connectivity index is 2.58. The van der Waals surface area contributed by atoms with Gasteiger partial charge in [-0.05, 0) is 6.07 Å². The standard InChI is InChI=1S/C13H13N3O/c1-17-10-6-8(14)13-11(12(10)15)7-4-2-3-5-9(7)16-13/h2-6,16H,14-15H2,1H3. The average Bonchev–Trinajstić information content (AvgIpc) is 2.73. The highest BCUT2D eigenvalue weighted by molar-refractivity contribution is 6.17. The van der Waals surface area contributed by atoms with Gasteiger partial charge >= 0.3 is 0 Å². The van der Waals surface area contributed by atoms with Gasteiger partial charge in [0.25, 0.3) is 0 Å². The van der Waals surface area contributed by atoms with E-state index in [-0.39, 0.29) is 0 Å². The second-order valence-corrected chi connectivity index (χ2v) is 4.00. The van der Waals surface area contributed by atoms with Crippen LogP contribution in [0.1, 0.15) is 0 Å². The van der Waals surface area contributed by atoms with E-state index < -0.39 is 0 Å². The third-order valence-electron chi connectivity index (χ3n) is 3.04. The van der Waals surface area contributed by atoms with Gasteiger partial charge in [-0.25, -0.2) is 0 Å². The maximum atomic E-state index is 6.11. The Kier molecular flexibility index (Phi) is 1.92. The lowest BCUT2D eigenvalue weighted by Gasteiger charge is -2.07. The number of ether oxygens (including phenoxy) is 1. The molecule has 1 heterocycles. The fourth-order valence-electron chi connectivity index (χ4n) is 2.22. The molecule has 0 amide bonds. The van der Waals surface area contributed by atoms with Crippen LogP contribution in [-0.2, 0) is 0 Å². The summed E-state index contributed by atoms with van der Waals surface area (Å²) in [7, 11) is 1.59. The molecular weight excluding hydrogens is 214 g/mol. The summed E-state index contributed by atoms with van der Waals surface area (Å²) in [6, 6.07) is 9.71. The molecule has 0 atom stereocenters. The van der Waals surface area contributed by atoms with E-state index in [1.54, 1.807) is 13.2 Å². The number of methoxy groups -OCH3 is 1. The summed E-state index contributed by atoms with van der Waals surface area (Å²) in [5, 5.41) is 1.99. The van der Waals surface area contributed by atoms with Crippen molar-refractivity contribution in [2.24, 2.45) is 0 Å². The molecule has 4 heteroatoms. The Hall–Kier alpha value is -2.36. The minimum atomic E-state index is 0.611. The maximum absolute atomic E-state index is 6.11. The molecule has 0 bridgehead atoms. The van der Waals surface area contributed by atoms with Gasteiger partial charge in [-0.15, -0.1) is 0 Å². The number of hydrogen-bond donors (Lipinski definition) is 3. The summed E-state index contributed by atoms with van der Waals surface area (Å²) in [4.78, 5) is 3.28. The fourth-order valence-corrected chi connectivity index (χ4v) is 2.22. The van der Waals surface area contributed by atoms with Gasteiger partial charge in [-0.2, -0.15) is 0 Å². The van der Waals surface area contributed by atoms with Crippen LogP contribution in [0, 0.1) is 0 Å². The van der Waals surface area contributed by atoms with Crippen molar-refractivity contribution >= 4 is 33.2 Å². The predicted molar refractivity (Wildman–Crippen MR) is 71.2 cm³/mol. The normalized spacial score (nSPS) is 11.1. The minimum Gasteiger partial charge on any atom is -0.494 e. The van der Waals surface area contributed by atoms with E-state index in [1.165, 1.54) is 0 Å². The smallest absolute Gasteiger partial charge is 0.144 e. The van der Waals surface area contributed by atoms with Crippen molar-refractivity contribution < 1.29 is 4.74 Å². The summed E-state index contributed by atoms with van der Waals surface area (Å²) in [5.74, 6) is 0.611. The van der Waals surface area contributed by atoms with Gasteiger partial charge in [0.15, 0.2) is 0 Å². The van der Waals surface area contributed by atoms with Crippen molar-refractivity contribution in [3.05, 3.63) is 30.3 Å². The van der Waals surface area contributed by atoms with Gasteiger partial charge in [-0.3, -0.25) is 0 Å². The molecule has 0 aliphatic rings. The Bertz CT molecular complexity index is 715. The second-order valence-electron chi connectivity index (χ2n) is 4.00. The predicted octanol–water partition coefficient (Wildman–Crippen LogP) is 2.49.